The molecule has 0 saturated carbocycles. The molecule has 0 spiro atoms. The molecule has 0 aliphatic rings. The van der Waals surface area contributed by atoms with Crippen molar-refractivity contribution in [3.05, 3.63) is 52.4 Å². The van der Waals surface area contributed by atoms with Gasteiger partial charge >= 0.3 is 5.97 Å². The summed E-state index contributed by atoms with van der Waals surface area (Å²) in [5.74, 6) is 0.902. The van der Waals surface area contributed by atoms with Crippen molar-refractivity contribution in [1.29, 1.82) is 0 Å². The number of pyridine rings is 1. The minimum absolute atomic E-state index is 0.0651. The average molecular weight is 460 g/mol. The summed E-state index contributed by atoms with van der Waals surface area (Å²) >= 11 is 0. The lowest BCUT2D eigenvalue weighted by Gasteiger charge is -2.35. The molecule has 0 aliphatic heterocycles. The second kappa shape index (κ2) is 11.1. The zero-order valence-electron chi connectivity index (χ0n) is 20.3. The smallest absolute Gasteiger partial charge is 0.306 e. The minimum atomic E-state index is -0.465. The molecule has 176 valence electrons. The molecule has 3 unspecified atom stereocenters. The Kier molecular flexibility index (Phi) is 9.09. The van der Waals surface area contributed by atoms with Crippen LogP contribution in [0.2, 0.25) is 0 Å². The van der Waals surface area contributed by atoms with E-state index in [0.717, 1.165) is 48.1 Å². The van der Waals surface area contributed by atoms with Gasteiger partial charge in [-0.1, -0.05) is 38.8 Å². The molecule has 6 heteroatoms. The van der Waals surface area contributed by atoms with Crippen LogP contribution in [0.3, 0.4) is 0 Å². The van der Waals surface area contributed by atoms with E-state index in [1.807, 2.05) is 51.1 Å². The Bertz CT molecular complexity index is 946. The number of ether oxygens (including phenoxy) is 2. The van der Waals surface area contributed by atoms with Crippen LogP contribution in [0.5, 0.6) is 5.75 Å². The van der Waals surface area contributed by atoms with Crippen molar-refractivity contribution < 1.29 is 14.3 Å². The Morgan fingerprint density at radius 2 is 1.78 bits per heavy atom. The summed E-state index contributed by atoms with van der Waals surface area (Å²) < 4.78 is 10.7. The Morgan fingerprint density at radius 3 is 2.34 bits per heavy atom. The molecule has 2 aromatic rings. The van der Waals surface area contributed by atoms with Gasteiger partial charge in [0.05, 0.1) is 7.11 Å². The molecule has 3 atom stereocenters. The van der Waals surface area contributed by atoms with Gasteiger partial charge in [0.1, 0.15) is 11.4 Å². The van der Waals surface area contributed by atoms with Gasteiger partial charge in [-0.15, -0.1) is 9.24 Å². The van der Waals surface area contributed by atoms with Crippen LogP contribution in [-0.4, -0.2) is 23.7 Å². The molecule has 0 fully saturated rings. The Morgan fingerprint density at radius 1 is 1.12 bits per heavy atom. The number of hydrogen-bond acceptors (Lipinski definition) is 4. The van der Waals surface area contributed by atoms with E-state index < -0.39 is 5.60 Å². The second-order valence-corrected chi connectivity index (χ2v) is 10.5. The van der Waals surface area contributed by atoms with Crippen LogP contribution in [0.15, 0.2) is 41.3 Å². The van der Waals surface area contributed by atoms with Crippen LogP contribution < -0.4 is 10.3 Å². The zero-order valence-corrected chi connectivity index (χ0v) is 21.4. The lowest BCUT2D eigenvalue weighted by Crippen LogP contribution is -2.33. The number of nitrogens with one attached hydrogen (secondary N) is 1. The number of hydrogen-bond donors (Lipinski definition) is 1. The van der Waals surface area contributed by atoms with Crippen molar-refractivity contribution >= 4 is 15.2 Å². The summed E-state index contributed by atoms with van der Waals surface area (Å²) in [6.07, 6.45) is 5.46. The lowest BCUT2D eigenvalue weighted by molar-refractivity contribution is -0.154. The molecule has 5 nitrogen and oxygen atoms in total. The fourth-order valence-corrected chi connectivity index (χ4v) is 4.52. The highest BCUT2D eigenvalue weighted by molar-refractivity contribution is 7.18. The number of aromatic nitrogens is 1. The highest BCUT2D eigenvalue weighted by Gasteiger charge is 2.34. The topological polar surface area (TPSA) is 68.4 Å². The normalized spacial score (nSPS) is 14.5. The number of H-pyrrole nitrogens is 1. The summed E-state index contributed by atoms with van der Waals surface area (Å²) in [6.45, 7) is 9.96. The van der Waals surface area contributed by atoms with Crippen LogP contribution >= 0.6 is 9.24 Å². The molecular formula is C26H38NO4P. The number of esters is 1. The van der Waals surface area contributed by atoms with Gasteiger partial charge in [-0.2, -0.15) is 0 Å². The van der Waals surface area contributed by atoms with E-state index >= 15 is 0 Å². The second-order valence-electron chi connectivity index (χ2n) is 9.50. The van der Waals surface area contributed by atoms with E-state index in [1.54, 1.807) is 13.3 Å². The van der Waals surface area contributed by atoms with Gasteiger partial charge in [0.15, 0.2) is 0 Å². The van der Waals surface area contributed by atoms with Crippen molar-refractivity contribution in [2.75, 3.05) is 7.11 Å². The number of rotatable bonds is 10. The van der Waals surface area contributed by atoms with E-state index in [1.165, 1.54) is 0 Å². The molecule has 0 radical (unpaired) electrons. The third-order valence-electron chi connectivity index (χ3n) is 5.96. The molecule has 0 saturated heterocycles. The van der Waals surface area contributed by atoms with Crippen molar-refractivity contribution in [1.82, 2.24) is 4.98 Å². The van der Waals surface area contributed by atoms with Gasteiger partial charge < -0.3 is 14.5 Å². The Balaban J connectivity index is 2.23. The number of unbranched alkanes of at least 4 members (excludes halogenated alkanes) is 1. The molecule has 0 bridgehead atoms. The maximum Gasteiger partial charge on any atom is 0.306 e. The number of aromatic amines is 1. The van der Waals surface area contributed by atoms with Gasteiger partial charge in [-0.25, -0.2) is 0 Å². The van der Waals surface area contributed by atoms with E-state index in [-0.39, 0.29) is 22.6 Å². The summed E-state index contributed by atoms with van der Waals surface area (Å²) in [5, 5.41) is -0.376. The van der Waals surface area contributed by atoms with Gasteiger partial charge in [-0.3, -0.25) is 9.59 Å². The van der Waals surface area contributed by atoms with Crippen LogP contribution in [0.4, 0.5) is 0 Å². The zero-order chi connectivity index (χ0) is 23.9. The number of benzene rings is 1. The fourth-order valence-electron chi connectivity index (χ4n) is 3.87. The average Bonchev–Trinajstić information content (AvgIpc) is 2.75. The number of carbonyl (C=O) groups is 1. The van der Waals surface area contributed by atoms with Crippen molar-refractivity contribution in [2.45, 2.75) is 77.5 Å². The maximum absolute atomic E-state index is 12.9. The Hall–Kier alpha value is -2.13. The third-order valence-corrected chi connectivity index (χ3v) is 7.13. The molecule has 32 heavy (non-hydrogen) atoms. The van der Waals surface area contributed by atoms with E-state index in [9.17, 15) is 9.59 Å². The molecule has 1 heterocycles. The first-order valence-electron chi connectivity index (χ1n) is 11.4. The maximum atomic E-state index is 12.9. The summed E-state index contributed by atoms with van der Waals surface area (Å²) in [5.41, 5.74) is 2.22. The first-order chi connectivity index (χ1) is 15.0. The lowest BCUT2D eigenvalue weighted by atomic mass is 9.80. The molecule has 1 aromatic heterocycles. The first-order valence-corrected chi connectivity index (χ1v) is 12.0. The molecule has 1 aromatic carbocycles. The number of methoxy groups -OCH3 is 1. The Labute approximate surface area is 194 Å². The van der Waals surface area contributed by atoms with Crippen LogP contribution in [0, 0.1) is 5.92 Å². The standard InChI is InChI=1S/C26H38NO4P/c1-7-18(2)26(32,15-9-8-10-23(28)31-25(3,4)5)22-16-20(17-27-24(22)29)19-11-13-21(30-6)14-12-19/h11-14,16-18H,7-10,15,32H2,1-6H3,(H,27,29). The third kappa shape index (κ3) is 6.93. The first kappa shape index (κ1) is 26.1. The van der Waals surface area contributed by atoms with E-state index in [4.69, 9.17) is 9.47 Å². The predicted molar refractivity (Wildman–Crippen MR) is 134 cm³/mol. The summed E-state index contributed by atoms with van der Waals surface area (Å²) in [7, 11) is 4.61. The van der Waals surface area contributed by atoms with Crippen LogP contribution in [0.25, 0.3) is 11.1 Å². The van der Waals surface area contributed by atoms with Crippen LogP contribution in [-0.2, 0) is 14.7 Å². The summed E-state index contributed by atoms with van der Waals surface area (Å²) in [6, 6.07) is 9.82. The van der Waals surface area contributed by atoms with Gasteiger partial charge in [0.25, 0.3) is 5.56 Å². The van der Waals surface area contributed by atoms with Crippen LogP contribution in [0.1, 0.15) is 72.3 Å². The monoisotopic (exact) mass is 459 g/mol. The largest absolute Gasteiger partial charge is 0.497 e. The minimum Gasteiger partial charge on any atom is -0.497 e. The van der Waals surface area contributed by atoms with Gasteiger partial charge in [0.2, 0.25) is 0 Å². The summed E-state index contributed by atoms with van der Waals surface area (Å²) in [4.78, 5) is 27.9. The number of carbonyl (C=O) groups excluding carboxylic acids is 1. The van der Waals surface area contributed by atoms with Crippen molar-refractivity contribution in [3.8, 4) is 16.9 Å². The molecular weight excluding hydrogens is 421 g/mol. The molecule has 2 rings (SSSR count). The predicted octanol–water partition coefficient (Wildman–Crippen LogP) is 6.07. The van der Waals surface area contributed by atoms with E-state index in [0.29, 0.717) is 6.42 Å². The fraction of sp³-hybridized carbons (Fsp3) is 0.538. The highest BCUT2D eigenvalue weighted by Crippen LogP contribution is 2.44. The SMILES string of the molecule is CCC(C)C(P)(CCCCC(=O)OC(C)(C)C)c1cc(-c2ccc(OC)cc2)c[nH]c1=O. The van der Waals surface area contributed by atoms with Gasteiger partial charge in [0, 0.05) is 23.3 Å². The van der Waals surface area contributed by atoms with Crippen molar-refractivity contribution in [2.24, 2.45) is 5.92 Å². The highest BCUT2D eigenvalue weighted by atomic mass is 31.0. The quantitative estimate of drug-likeness (QED) is 0.266. The van der Waals surface area contributed by atoms with Gasteiger partial charge in [-0.05, 0) is 68.9 Å². The molecule has 1 N–H and O–H groups in total. The molecule has 0 aliphatic carbocycles. The molecule has 0 amide bonds. The van der Waals surface area contributed by atoms with Crippen molar-refractivity contribution in [3.63, 3.8) is 0 Å². The van der Waals surface area contributed by atoms with E-state index in [2.05, 4.69) is 28.1 Å².